The Kier molecular flexibility index (Phi) is 16.2. The third-order valence-electron chi connectivity index (χ3n) is 14.2. The molecule has 74 heavy (non-hydrogen) atoms. The van der Waals surface area contributed by atoms with E-state index in [1.54, 1.807) is 50.9 Å². The second kappa shape index (κ2) is 21.9. The fraction of sp³-hybridized carbons (Fsp3) is 0.453. The molecule has 0 unspecified atom stereocenters. The summed E-state index contributed by atoms with van der Waals surface area (Å²) in [6, 6.07) is 6.26. The van der Waals surface area contributed by atoms with Gasteiger partial charge in [0.1, 0.15) is 29.0 Å². The largest absolute Gasteiger partial charge is 0.507 e. The molecule has 5 heterocycles. The molecule has 5 bridgehead atoms. The van der Waals surface area contributed by atoms with Crippen molar-refractivity contribution in [3.8, 4) is 34.3 Å². The van der Waals surface area contributed by atoms with Crippen molar-refractivity contribution < 1.29 is 76.6 Å². The number of nitrogens with one attached hydrogen (secondary N) is 1. The van der Waals surface area contributed by atoms with Gasteiger partial charge in [0, 0.05) is 99.0 Å². The highest BCUT2D eigenvalue weighted by molar-refractivity contribution is 6.23. The quantitative estimate of drug-likeness (QED) is 0.0452. The van der Waals surface area contributed by atoms with Crippen molar-refractivity contribution in [2.45, 2.75) is 98.3 Å². The molecule has 1 aromatic heterocycles. The minimum atomic E-state index is -4.47. The van der Waals surface area contributed by atoms with E-state index in [-0.39, 0.29) is 44.5 Å². The van der Waals surface area contributed by atoms with Crippen LogP contribution in [0.3, 0.4) is 0 Å². The fourth-order valence-corrected chi connectivity index (χ4v) is 9.60. The molecule has 1 amide bonds. The van der Waals surface area contributed by atoms with Gasteiger partial charge >= 0.3 is 17.9 Å². The number of hydrogen-bond donors (Lipinski definition) is 6. The molecule has 1 fully saturated rings. The summed E-state index contributed by atoms with van der Waals surface area (Å²) in [4.78, 5) is 43.1. The molecule has 21 heteroatoms. The number of rotatable bonds is 7. The number of esters is 1. The number of ether oxygens (including phenoxy) is 4. The van der Waals surface area contributed by atoms with Crippen LogP contribution in [0, 0.1) is 30.6 Å². The number of alkyl halides is 3. The molecule has 1 saturated heterocycles. The molecule has 0 radical (unpaired) electrons. The summed E-state index contributed by atoms with van der Waals surface area (Å²) in [5, 5.41) is 71.4. The molecule has 18 nitrogen and oxygen atoms in total. The van der Waals surface area contributed by atoms with E-state index in [9.17, 15) is 53.1 Å². The average molecular weight is 1030 g/mol. The first-order chi connectivity index (χ1) is 34.9. The summed E-state index contributed by atoms with van der Waals surface area (Å²) in [5.74, 6) is -8.55. The van der Waals surface area contributed by atoms with Crippen molar-refractivity contribution in [2.24, 2.45) is 28.8 Å². The van der Waals surface area contributed by atoms with Crippen molar-refractivity contribution >= 4 is 40.3 Å². The zero-order chi connectivity index (χ0) is 54.1. The third kappa shape index (κ3) is 11.1. The second-order valence-corrected chi connectivity index (χ2v) is 19.3. The van der Waals surface area contributed by atoms with Crippen LogP contribution in [0.4, 0.5) is 18.9 Å². The number of anilines is 1. The first kappa shape index (κ1) is 54.8. The predicted molar refractivity (Wildman–Crippen MR) is 265 cm³/mol. The number of benzene rings is 3. The van der Waals surface area contributed by atoms with E-state index in [1.807, 2.05) is 4.90 Å². The van der Waals surface area contributed by atoms with Gasteiger partial charge in [0.15, 0.2) is 11.5 Å². The zero-order valence-corrected chi connectivity index (χ0v) is 42.4. The van der Waals surface area contributed by atoms with E-state index < -0.39 is 101 Å². The average Bonchev–Trinajstić information content (AvgIpc) is 3.94. The summed E-state index contributed by atoms with van der Waals surface area (Å²) in [7, 11) is 1.41. The summed E-state index contributed by atoms with van der Waals surface area (Å²) < 4.78 is 68.5. The fourth-order valence-electron chi connectivity index (χ4n) is 9.60. The topological polar surface area (TPSA) is 246 Å². The lowest BCUT2D eigenvalue weighted by atomic mass is 9.78. The standard InChI is InChI=1S/C53H62F3N5O13/c1-26-11-10-12-27(2)51(69)58-42-36(24-57-61-20-18-60(19-21-61)25-35-23-37(59-74-35)33-13-15-34(16-14-33)53(54,55)56)46(66)39-40(47(42)67)45(65)31(6)49-41(39)50(68)52(8,73-49)71-22-17-38(70-9)28(3)48(72-32(7)62)30(5)44(64)29(4)43(26)63/h10-17,22-24,26,28-30,38,43-44,48,63-67H,18-21,25H2,1-9H3,(H,58,69)/b11-10+,22-17+,27-12-,57-24+/t26-,28+,29+,30+,38-,43-,44+,48+,52-/m0/s1. The number of halogens is 3. The van der Waals surface area contributed by atoms with Crippen LogP contribution in [-0.4, -0.2) is 128 Å². The lowest BCUT2D eigenvalue weighted by molar-refractivity contribution is -0.160. The maximum absolute atomic E-state index is 14.6. The molecule has 9 atom stereocenters. The predicted octanol–water partition coefficient (Wildman–Crippen LogP) is 7.58. The Morgan fingerprint density at radius 1 is 0.946 bits per heavy atom. The monoisotopic (exact) mass is 1030 g/mol. The minimum Gasteiger partial charge on any atom is -0.507 e. The molecule has 4 aliphatic heterocycles. The van der Waals surface area contributed by atoms with Crippen LogP contribution >= 0.6 is 0 Å². The van der Waals surface area contributed by atoms with Gasteiger partial charge in [-0.15, -0.1) is 0 Å². The number of methoxy groups -OCH3 is 1. The number of aromatic nitrogens is 1. The van der Waals surface area contributed by atoms with Crippen molar-refractivity contribution in [3.05, 3.63) is 94.5 Å². The molecule has 3 aromatic carbocycles. The van der Waals surface area contributed by atoms with Crippen LogP contribution in [0.15, 0.2) is 76.1 Å². The van der Waals surface area contributed by atoms with Crippen LogP contribution in [0.5, 0.6) is 23.0 Å². The van der Waals surface area contributed by atoms with E-state index >= 15 is 0 Å². The third-order valence-corrected chi connectivity index (χ3v) is 14.2. The van der Waals surface area contributed by atoms with Crippen LogP contribution in [0.25, 0.3) is 22.0 Å². The maximum atomic E-state index is 14.6. The van der Waals surface area contributed by atoms with Gasteiger partial charge in [-0.1, -0.05) is 63.2 Å². The lowest BCUT2D eigenvalue weighted by Crippen LogP contribution is -2.46. The summed E-state index contributed by atoms with van der Waals surface area (Å²) in [5.41, 5.74) is -0.659. The first-order valence-corrected chi connectivity index (χ1v) is 24.1. The number of hydrogen-bond acceptors (Lipinski definition) is 17. The van der Waals surface area contributed by atoms with Gasteiger partial charge in [0.2, 0.25) is 0 Å². The van der Waals surface area contributed by atoms with Gasteiger partial charge in [0.25, 0.3) is 11.7 Å². The molecule has 0 saturated carbocycles. The minimum absolute atomic E-state index is 0.00184. The molecule has 8 rings (SSSR count). The summed E-state index contributed by atoms with van der Waals surface area (Å²) in [6.07, 6.45) is -0.0300. The maximum Gasteiger partial charge on any atom is 0.416 e. The van der Waals surface area contributed by atoms with Crippen LogP contribution in [0.1, 0.15) is 81.3 Å². The number of carbonyl (C=O) groups excluding carboxylic acids is 3. The second-order valence-electron chi connectivity index (χ2n) is 19.3. The molecular weight excluding hydrogens is 972 g/mol. The number of aliphatic hydroxyl groups is 2. The van der Waals surface area contributed by atoms with Gasteiger partial charge in [-0.05, 0) is 32.1 Å². The van der Waals surface area contributed by atoms with Crippen LogP contribution in [-0.2, 0) is 36.5 Å². The van der Waals surface area contributed by atoms with Gasteiger partial charge in [-0.25, -0.2) is 0 Å². The number of allylic oxidation sites excluding steroid dienone is 2. The Labute approximate surface area is 425 Å². The lowest BCUT2D eigenvalue weighted by Gasteiger charge is -2.38. The number of piperazine rings is 1. The smallest absolute Gasteiger partial charge is 0.416 e. The molecule has 6 N–H and O–H groups in total. The van der Waals surface area contributed by atoms with Gasteiger partial charge in [0.05, 0.1) is 65.1 Å². The van der Waals surface area contributed by atoms with E-state index in [2.05, 4.69) is 15.6 Å². The SMILES string of the molecule is CO[C@H]1/C=C/O[C@@]2(C)Oc3c(C)c(O)c4c(O)c(c(/C=N/N5CCN(Cc6cc(-c7ccc(C(F)(F)F)cc7)no6)CC5)c(O)c4c3C2=O)NC(=O)/C(C)=C\C=C\[C@H](C)[C@H](O)[C@@H](C)[C@@H](O)[C@@H](C)[C@H](OC(C)=O)[C@@H]1C. The van der Waals surface area contributed by atoms with E-state index in [0.717, 1.165) is 12.1 Å². The number of phenols is 3. The van der Waals surface area contributed by atoms with Crippen molar-refractivity contribution in [1.82, 2.24) is 15.1 Å². The molecule has 0 aliphatic carbocycles. The Balaban J connectivity index is 1.23. The molecule has 0 spiro atoms. The summed E-state index contributed by atoms with van der Waals surface area (Å²) >= 11 is 0. The number of phenolic OH excluding ortho intramolecular Hbond substituents is 3. The number of fused-ring (bicyclic) bond motifs is 14. The molecule has 398 valence electrons. The number of carbonyl (C=O) groups is 3. The van der Waals surface area contributed by atoms with Crippen molar-refractivity contribution in [1.29, 1.82) is 0 Å². The Morgan fingerprint density at radius 3 is 2.26 bits per heavy atom. The first-order valence-electron chi connectivity index (χ1n) is 24.1. The normalized spacial score (nSPS) is 28.2. The molecule has 4 aromatic rings. The number of hydrazone groups is 1. The number of amides is 1. The number of nitrogens with zero attached hydrogens (tertiary/aromatic N) is 4. The Hall–Kier alpha value is -6.94. The Morgan fingerprint density at radius 2 is 1.62 bits per heavy atom. The number of aliphatic hydroxyl groups excluding tert-OH is 2. The Bertz CT molecular complexity index is 2890. The van der Waals surface area contributed by atoms with E-state index in [1.165, 1.54) is 71.6 Å². The summed E-state index contributed by atoms with van der Waals surface area (Å²) in [6.45, 7) is 14.2. The zero-order valence-electron chi connectivity index (χ0n) is 42.4. The van der Waals surface area contributed by atoms with Crippen molar-refractivity contribution in [2.75, 3.05) is 38.6 Å². The molecular formula is C53H62F3N5O13. The van der Waals surface area contributed by atoms with E-state index in [4.69, 9.17) is 23.5 Å². The highest BCUT2D eigenvalue weighted by atomic mass is 19.4. The molecule has 4 aliphatic rings. The van der Waals surface area contributed by atoms with Gasteiger partial charge in [-0.2, -0.15) is 18.3 Å². The highest BCUT2D eigenvalue weighted by Crippen LogP contribution is 2.55. The van der Waals surface area contributed by atoms with Crippen LogP contribution < -0.4 is 10.1 Å². The number of aromatic hydroxyl groups is 3. The van der Waals surface area contributed by atoms with Crippen LogP contribution in [0.2, 0.25) is 0 Å². The van der Waals surface area contributed by atoms with E-state index in [0.29, 0.717) is 49.7 Å². The van der Waals surface area contributed by atoms with Crippen molar-refractivity contribution in [3.63, 3.8) is 0 Å². The van der Waals surface area contributed by atoms with Gasteiger partial charge < -0.3 is 54.3 Å². The van der Waals surface area contributed by atoms with Gasteiger partial charge in [-0.3, -0.25) is 24.3 Å². The highest BCUT2D eigenvalue weighted by Gasteiger charge is 2.50. The number of ketones is 1. The number of Topliss-reactive ketones (excluding diaryl/α,β-unsaturated/α-hetero) is 1.